The largest absolute Gasteiger partial charge is 0.481 e. The van der Waals surface area contributed by atoms with E-state index in [-0.39, 0.29) is 11.3 Å². The van der Waals surface area contributed by atoms with Crippen molar-refractivity contribution in [3.05, 3.63) is 39.9 Å². The van der Waals surface area contributed by atoms with Crippen molar-refractivity contribution in [1.82, 2.24) is 10.9 Å². The van der Waals surface area contributed by atoms with Gasteiger partial charge in [-0.05, 0) is 31.2 Å². The van der Waals surface area contributed by atoms with Crippen LogP contribution in [0.3, 0.4) is 0 Å². The summed E-state index contributed by atoms with van der Waals surface area (Å²) in [5.41, 5.74) is 2.00. The van der Waals surface area contributed by atoms with E-state index in [9.17, 15) is 29.6 Å². The van der Waals surface area contributed by atoms with E-state index in [2.05, 4.69) is 10.9 Å². The Bertz CT molecular complexity index is 776. The quantitative estimate of drug-likeness (QED) is 0.551. The normalized spacial score (nSPS) is 23.9. The summed E-state index contributed by atoms with van der Waals surface area (Å²) < 4.78 is 0. The molecule has 3 N–H and O–H groups in total. The minimum atomic E-state index is -1.06. The van der Waals surface area contributed by atoms with Crippen LogP contribution in [0.25, 0.3) is 0 Å². The lowest BCUT2D eigenvalue weighted by Gasteiger charge is -2.37. The maximum absolute atomic E-state index is 12.5. The number of hydrazine groups is 1. The van der Waals surface area contributed by atoms with Gasteiger partial charge in [-0.15, -0.1) is 0 Å². The summed E-state index contributed by atoms with van der Waals surface area (Å²) in [6.45, 7) is 5.03. The van der Waals surface area contributed by atoms with E-state index in [1.54, 1.807) is 20.8 Å². The van der Waals surface area contributed by atoms with Crippen molar-refractivity contribution in [3.8, 4) is 0 Å². The number of nitro groups is 1. The highest BCUT2D eigenvalue weighted by Gasteiger charge is 2.58. The SMILES string of the molecule is CC1(C(=O)O)CCC(C(=O)NNC(=O)c2ccccc2[N+](=O)[O-])C1(C)C. The first-order valence-electron chi connectivity index (χ1n) is 8.09. The van der Waals surface area contributed by atoms with Crippen LogP contribution < -0.4 is 10.9 Å². The van der Waals surface area contributed by atoms with E-state index in [1.165, 1.54) is 24.3 Å². The van der Waals surface area contributed by atoms with Gasteiger partial charge in [0, 0.05) is 12.0 Å². The molecular weight excluding hydrogens is 342 g/mol. The third kappa shape index (κ3) is 3.12. The van der Waals surface area contributed by atoms with Gasteiger partial charge in [0.25, 0.3) is 11.6 Å². The molecule has 1 aliphatic carbocycles. The Balaban J connectivity index is 2.09. The number of hydrogen-bond acceptors (Lipinski definition) is 5. The monoisotopic (exact) mass is 363 g/mol. The molecule has 0 aliphatic heterocycles. The molecule has 1 saturated carbocycles. The Morgan fingerprint density at radius 3 is 2.35 bits per heavy atom. The number of carboxylic acid groups (broad SMARTS) is 1. The zero-order valence-electron chi connectivity index (χ0n) is 14.7. The highest BCUT2D eigenvalue weighted by molar-refractivity contribution is 5.99. The predicted molar refractivity (Wildman–Crippen MR) is 91.0 cm³/mol. The number of hydrogen-bond donors (Lipinski definition) is 3. The van der Waals surface area contributed by atoms with Crippen molar-refractivity contribution < 1.29 is 24.4 Å². The average Bonchev–Trinajstić information content (AvgIpc) is 2.83. The minimum absolute atomic E-state index is 0.182. The van der Waals surface area contributed by atoms with Gasteiger partial charge in [-0.25, -0.2) is 0 Å². The van der Waals surface area contributed by atoms with Gasteiger partial charge >= 0.3 is 5.97 Å². The van der Waals surface area contributed by atoms with Gasteiger partial charge in [0.1, 0.15) is 5.56 Å². The molecule has 9 heteroatoms. The smallest absolute Gasteiger partial charge is 0.309 e. The molecule has 1 aromatic rings. The number of carboxylic acids is 1. The molecule has 1 aliphatic rings. The molecule has 2 amide bonds. The molecule has 0 heterocycles. The summed E-state index contributed by atoms with van der Waals surface area (Å²) >= 11 is 0. The van der Waals surface area contributed by atoms with Crippen LogP contribution >= 0.6 is 0 Å². The molecule has 1 fully saturated rings. The first-order chi connectivity index (χ1) is 12.0. The van der Waals surface area contributed by atoms with Crippen molar-refractivity contribution in [2.45, 2.75) is 33.6 Å². The molecule has 0 bridgehead atoms. The second-order valence-electron chi connectivity index (χ2n) is 7.17. The Kier molecular flexibility index (Phi) is 5.02. The maximum Gasteiger partial charge on any atom is 0.309 e. The number of nitrogens with one attached hydrogen (secondary N) is 2. The third-order valence-corrected chi connectivity index (χ3v) is 5.66. The molecule has 140 valence electrons. The molecular formula is C17H21N3O6. The molecule has 0 aromatic heterocycles. The van der Waals surface area contributed by atoms with Crippen LogP contribution in [0.15, 0.2) is 24.3 Å². The lowest BCUT2D eigenvalue weighted by Crippen LogP contribution is -2.49. The zero-order valence-corrected chi connectivity index (χ0v) is 14.7. The summed E-state index contributed by atoms with van der Waals surface area (Å²) in [4.78, 5) is 46.5. The van der Waals surface area contributed by atoms with Gasteiger partial charge in [-0.1, -0.05) is 26.0 Å². The molecule has 9 nitrogen and oxygen atoms in total. The fraction of sp³-hybridized carbons (Fsp3) is 0.471. The second-order valence-corrected chi connectivity index (χ2v) is 7.17. The number of carbonyl (C=O) groups is 3. The van der Waals surface area contributed by atoms with Gasteiger partial charge in [0.15, 0.2) is 0 Å². The number of carbonyl (C=O) groups excluding carboxylic acids is 2. The van der Waals surface area contributed by atoms with E-state index in [0.29, 0.717) is 12.8 Å². The Labute approximate surface area is 149 Å². The second kappa shape index (κ2) is 6.74. The topological polar surface area (TPSA) is 139 Å². The number of rotatable bonds is 4. The van der Waals surface area contributed by atoms with Crippen LogP contribution in [0.2, 0.25) is 0 Å². The molecule has 1 aromatic carbocycles. The summed E-state index contributed by atoms with van der Waals surface area (Å²) in [6.07, 6.45) is 0.703. The number of amides is 2. The summed E-state index contributed by atoms with van der Waals surface area (Å²) in [5.74, 6) is -2.93. The molecule has 2 rings (SSSR count). The zero-order chi connectivity index (χ0) is 19.7. The Hall–Kier alpha value is -2.97. The number of nitrogens with zero attached hydrogens (tertiary/aromatic N) is 1. The fourth-order valence-electron chi connectivity index (χ4n) is 3.44. The van der Waals surface area contributed by atoms with E-state index in [4.69, 9.17) is 0 Å². The Morgan fingerprint density at radius 1 is 1.19 bits per heavy atom. The summed E-state index contributed by atoms with van der Waals surface area (Å²) in [7, 11) is 0. The highest BCUT2D eigenvalue weighted by Crippen LogP contribution is 2.56. The van der Waals surface area contributed by atoms with Gasteiger partial charge in [0.05, 0.1) is 10.3 Å². The van der Waals surface area contributed by atoms with E-state index >= 15 is 0 Å². The standard InChI is InChI=1S/C17H21N3O6/c1-16(2)11(8-9-17(16,3)15(23)24)14(22)19-18-13(21)10-6-4-5-7-12(10)20(25)26/h4-7,11H,8-9H2,1-3H3,(H,18,21)(H,19,22)(H,23,24). The number of aliphatic carboxylic acids is 1. The first-order valence-corrected chi connectivity index (χ1v) is 8.09. The van der Waals surface area contributed by atoms with E-state index < -0.39 is 39.5 Å². The van der Waals surface area contributed by atoms with Gasteiger partial charge in [-0.2, -0.15) is 0 Å². The van der Waals surface area contributed by atoms with Gasteiger partial charge in [0.2, 0.25) is 5.91 Å². The molecule has 0 radical (unpaired) electrons. The molecule has 26 heavy (non-hydrogen) atoms. The van der Waals surface area contributed by atoms with Crippen LogP contribution in [0.1, 0.15) is 44.0 Å². The fourth-order valence-corrected chi connectivity index (χ4v) is 3.44. The molecule has 2 atom stereocenters. The van der Waals surface area contributed by atoms with Crippen molar-refractivity contribution in [1.29, 1.82) is 0 Å². The van der Waals surface area contributed by atoms with E-state index in [1.807, 2.05) is 0 Å². The van der Waals surface area contributed by atoms with Crippen molar-refractivity contribution in [3.63, 3.8) is 0 Å². The van der Waals surface area contributed by atoms with Crippen LogP contribution in [0.4, 0.5) is 5.69 Å². The Morgan fingerprint density at radius 2 is 1.81 bits per heavy atom. The summed E-state index contributed by atoms with van der Waals surface area (Å²) in [5, 5.41) is 20.5. The van der Waals surface area contributed by atoms with Crippen molar-refractivity contribution in [2.24, 2.45) is 16.7 Å². The van der Waals surface area contributed by atoms with Gasteiger partial charge < -0.3 is 5.11 Å². The maximum atomic E-state index is 12.5. The third-order valence-electron chi connectivity index (χ3n) is 5.66. The highest BCUT2D eigenvalue weighted by atomic mass is 16.6. The molecule has 0 spiro atoms. The van der Waals surface area contributed by atoms with Crippen LogP contribution in [0, 0.1) is 26.9 Å². The van der Waals surface area contributed by atoms with Crippen LogP contribution in [-0.2, 0) is 9.59 Å². The van der Waals surface area contributed by atoms with Gasteiger partial charge in [-0.3, -0.25) is 35.3 Å². The average molecular weight is 363 g/mol. The lowest BCUT2D eigenvalue weighted by atomic mass is 9.65. The lowest BCUT2D eigenvalue weighted by molar-refractivity contribution is -0.385. The number of nitro benzene ring substituents is 1. The van der Waals surface area contributed by atoms with Crippen LogP contribution in [0.5, 0.6) is 0 Å². The predicted octanol–water partition coefficient (Wildman–Crippen LogP) is 1.88. The molecule has 0 saturated heterocycles. The minimum Gasteiger partial charge on any atom is -0.481 e. The molecule has 2 unspecified atom stereocenters. The first kappa shape index (κ1) is 19.4. The van der Waals surface area contributed by atoms with Crippen molar-refractivity contribution in [2.75, 3.05) is 0 Å². The number of para-hydroxylation sites is 1. The van der Waals surface area contributed by atoms with E-state index in [0.717, 1.165) is 0 Å². The van der Waals surface area contributed by atoms with Crippen molar-refractivity contribution >= 4 is 23.5 Å². The number of benzene rings is 1. The van der Waals surface area contributed by atoms with Crippen LogP contribution in [-0.4, -0.2) is 27.8 Å². The summed E-state index contributed by atoms with van der Waals surface area (Å²) in [6, 6.07) is 5.37.